The molecule has 150 valence electrons. The van der Waals surface area contributed by atoms with Crippen molar-refractivity contribution in [1.82, 2.24) is 4.98 Å². The Labute approximate surface area is 181 Å². The number of aryl methyl sites for hydroxylation is 3. The minimum Gasteiger partial charge on any atom is -0.301 e. The van der Waals surface area contributed by atoms with Crippen LogP contribution in [0.5, 0.6) is 0 Å². The van der Waals surface area contributed by atoms with Gasteiger partial charge in [-0.25, -0.2) is 4.98 Å². The standard InChI is InChI=1S/C26H24N2OS/c1-17-14-19(3)22(15-18(17)2)23-16-30-26(27-23)28-25(29)24(20-10-6-4-7-11-20)21-12-8-5-9-13-21/h4-16,24H,1-3H3,(H,27,28,29). The number of carbonyl (C=O) groups excluding carboxylic acids is 1. The van der Waals surface area contributed by atoms with E-state index in [-0.39, 0.29) is 11.8 Å². The van der Waals surface area contributed by atoms with Crippen molar-refractivity contribution in [2.24, 2.45) is 0 Å². The molecule has 3 aromatic carbocycles. The molecule has 4 rings (SSSR count). The Balaban J connectivity index is 1.62. The third-order valence-corrected chi connectivity index (χ3v) is 6.14. The molecule has 1 aromatic heterocycles. The van der Waals surface area contributed by atoms with Crippen LogP contribution in [-0.2, 0) is 4.79 Å². The molecular weight excluding hydrogens is 388 g/mol. The van der Waals surface area contributed by atoms with Crippen molar-refractivity contribution in [3.63, 3.8) is 0 Å². The first kappa shape index (κ1) is 20.0. The number of hydrogen-bond donors (Lipinski definition) is 1. The molecule has 0 aliphatic rings. The van der Waals surface area contributed by atoms with Crippen LogP contribution in [0.25, 0.3) is 11.3 Å². The van der Waals surface area contributed by atoms with Gasteiger partial charge in [0.15, 0.2) is 5.13 Å². The van der Waals surface area contributed by atoms with E-state index in [0.29, 0.717) is 5.13 Å². The van der Waals surface area contributed by atoms with Crippen molar-refractivity contribution >= 4 is 22.4 Å². The van der Waals surface area contributed by atoms with Gasteiger partial charge in [-0.1, -0.05) is 66.7 Å². The van der Waals surface area contributed by atoms with Crippen molar-refractivity contribution in [3.05, 3.63) is 106 Å². The van der Waals surface area contributed by atoms with Gasteiger partial charge in [0.05, 0.1) is 11.6 Å². The summed E-state index contributed by atoms with van der Waals surface area (Å²) in [6.07, 6.45) is 0. The number of rotatable bonds is 5. The van der Waals surface area contributed by atoms with E-state index in [4.69, 9.17) is 4.98 Å². The van der Waals surface area contributed by atoms with Gasteiger partial charge in [-0.15, -0.1) is 11.3 Å². The van der Waals surface area contributed by atoms with Crippen LogP contribution in [0.1, 0.15) is 33.7 Å². The Morgan fingerprint density at radius 2 is 1.40 bits per heavy atom. The summed E-state index contributed by atoms with van der Waals surface area (Å²) in [6.45, 7) is 6.32. The van der Waals surface area contributed by atoms with Gasteiger partial charge < -0.3 is 5.32 Å². The fourth-order valence-electron chi connectivity index (χ4n) is 3.66. The van der Waals surface area contributed by atoms with Crippen LogP contribution in [0.15, 0.2) is 78.2 Å². The Kier molecular flexibility index (Phi) is 5.77. The van der Waals surface area contributed by atoms with Crippen molar-refractivity contribution in [1.29, 1.82) is 0 Å². The van der Waals surface area contributed by atoms with Crippen molar-refractivity contribution in [2.45, 2.75) is 26.7 Å². The second kappa shape index (κ2) is 8.64. The van der Waals surface area contributed by atoms with Gasteiger partial charge in [-0.3, -0.25) is 4.79 Å². The highest BCUT2D eigenvalue weighted by Crippen LogP contribution is 2.31. The maximum absolute atomic E-state index is 13.3. The van der Waals surface area contributed by atoms with Gasteiger partial charge in [0, 0.05) is 10.9 Å². The minimum absolute atomic E-state index is 0.0786. The normalized spacial score (nSPS) is 10.9. The first-order chi connectivity index (χ1) is 14.5. The lowest BCUT2D eigenvalue weighted by molar-refractivity contribution is -0.116. The first-order valence-corrected chi connectivity index (χ1v) is 10.9. The lowest BCUT2D eigenvalue weighted by Crippen LogP contribution is -2.22. The highest BCUT2D eigenvalue weighted by atomic mass is 32.1. The molecule has 4 heteroatoms. The van der Waals surface area contributed by atoms with E-state index in [1.54, 1.807) is 0 Å². The molecule has 0 spiro atoms. The maximum atomic E-state index is 13.3. The Bertz CT molecular complexity index is 1130. The van der Waals surface area contributed by atoms with Crippen LogP contribution >= 0.6 is 11.3 Å². The molecule has 0 bridgehead atoms. The number of aromatic nitrogens is 1. The topological polar surface area (TPSA) is 42.0 Å². The van der Waals surface area contributed by atoms with E-state index in [9.17, 15) is 4.79 Å². The van der Waals surface area contributed by atoms with Crippen molar-refractivity contribution in [3.8, 4) is 11.3 Å². The summed E-state index contributed by atoms with van der Waals surface area (Å²) in [7, 11) is 0. The fourth-order valence-corrected chi connectivity index (χ4v) is 4.37. The molecular formula is C26H24N2OS. The molecule has 30 heavy (non-hydrogen) atoms. The van der Waals surface area contributed by atoms with Crippen LogP contribution in [0.2, 0.25) is 0 Å². The minimum atomic E-state index is -0.386. The van der Waals surface area contributed by atoms with E-state index >= 15 is 0 Å². The maximum Gasteiger partial charge on any atom is 0.238 e. The van der Waals surface area contributed by atoms with Crippen molar-refractivity contribution in [2.75, 3.05) is 5.32 Å². The number of amides is 1. The number of anilines is 1. The van der Waals surface area contributed by atoms with Gasteiger partial charge in [0.1, 0.15) is 0 Å². The summed E-state index contributed by atoms with van der Waals surface area (Å²) < 4.78 is 0. The molecule has 0 aliphatic heterocycles. The zero-order valence-corrected chi connectivity index (χ0v) is 18.2. The molecule has 0 saturated heterocycles. The van der Waals surface area contributed by atoms with Gasteiger partial charge in [-0.2, -0.15) is 0 Å². The number of benzene rings is 3. The monoisotopic (exact) mass is 412 g/mol. The molecule has 0 unspecified atom stereocenters. The average Bonchev–Trinajstić information content (AvgIpc) is 3.20. The zero-order chi connectivity index (χ0) is 21.1. The number of nitrogens with one attached hydrogen (secondary N) is 1. The SMILES string of the molecule is Cc1cc(C)c(-c2csc(NC(=O)C(c3ccccc3)c3ccccc3)n2)cc1C. The molecule has 1 N–H and O–H groups in total. The number of thiazole rings is 1. The molecule has 3 nitrogen and oxygen atoms in total. The summed E-state index contributed by atoms with van der Waals surface area (Å²) >= 11 is 1.46. The molecule has 0 fully saturated rings. The van der Waals surface area contributed by atoms with Gasteiger partial charge >= 0.3 is 0 Å². The van der Waals surface area contributed by atoms with E-state index in [2.05, 4.69) is 38.2 Å². The predicted molar refractivity (Wildman–Crippen MR) is 125 cm³/mol. The van der Waals surface area contributed by atoms with E-state index in [0.717, 1.165) is 22.4 Å². The lowest BCUT2D eigenvalue weighted by Gasteiger charge is -2.17. The number of nitrogens with zero attached hydrogens (tertiary/aromatic N) is 1. The Hall–Kier alpha value is -3.24. The molecule has 1 heterocycles. The third-order valence-electron chi connectivity index (χ3n) is 5.38. The zero-order valence-electron chi connectivity index (χ0n) is 17.3. The summed E-state index contributed by atoms with van der Waals surface area (Å²) in [6, 6.07) is 24.1. The summed E-state index contributed by atoms with van der Waals surface area (Å²) in [5.74, 6) is -0.465. The highest BCUT2D eigenvalue weighted by Gasteiger charge is 2.23. The van der Waals surface area contributed by atoms with Gasteiger partial charge in [-0.05, 0) is 54.7 Å². The van der Waals surface area contributed by atoms with Crippen molar-refractivity contribution < 1.29 is 4.79 Å². The molecule has 0 atom stereocenters. The van der Waals surface area contributed by atoms with Crippen LogP contribution in [-0.4, -0.2) is 10.9 Å². The summed E-state index contributed by atoms with van der Waals surface area (Å²) in [5.41, 5.74) is 7.62. The Morgan fingerprint density at radius 1 is 0.833 bits per heavy atom. The lowest BCUT2D eigenvalue weighted by atomic mass is 9.90. The molecule has 4 aromatic rings. The molecule has 0 aliphatic carbocycles. The molecule has 0 saturated carbocycles. The van der Waals surface area contributed by atoms with E-state index in [1.165, 1.54) is 28.0 Å². The first-order valence-electron chi connectivity index (χ1n) is 9.97. The largest absolute Gasteiger partial charge is 0.301 e. The van der Waals surface area contributed by atoms with Crippen LogP contribution in [0, 0.1) is 20.8 Å². The van der Waals surface area contributed by atoms with E-state index < -0.39 is 0 Å². The molecule has 0 radical (unpaired) electrons. The molecule has 1 amide bonds. The average molecular weight is 413 g/mol. The quantitative estimate of drug-likeness (QED) is 0.406. The second-order valence-corrected chi connectivity index (χ2v) is 8.39. The fraction of sp³-hybridized carbons (Fsp3) is 0.154. The highest BCUT2D eigenvalue weighted by molar-refractivity contribution is 7.14. The van der Waals surface area contributed by atoms with Crippen LogP contribution in [0.3, 0.4) is 0 Å². The smallest absolute Gasteiger partial charge is 0.238 e. The van der Waals surface area contributed by atoms with Crippen LogP contribution < -0.4 is 5.32 Å². The van der Waals surface area contributed by atoms with Crippen LogP contribution in [0.4, 0.5) is 5.13 Å². The summed E-state index contributed by atoms with van der Waals surface area (Å²) in [4.78, 5) is 18.0. The number of hydrogen-bond acceptors (Lipinski definition) is 3. The van der Waals surface area contributed by atoms with E-state index in [1.807, 2.05) is 66.0 Å². The van der Waals surface area contributed by atoms with Gasteiger partial charge in [0.25, 0.3) is 0 Å². The predicted octanol–water partition coefficient (Wildman–Crippen LogP) is 6.51. The summed E-state index contributed by atoms with van der Waals surface area (Å²) in [5, 5.41) is 5.67. The van der Waals surface area contributed by atoms with Gasteiger partial charge in [0.2, 0.25) is 5.91 Å². The third kappa shape index (κ3) is 4.19. The Morgan fingerprint density at radius 3 is 2.00 bits per heavy atom. The second-order valence-electron chi connectivity index (χ2n) is 7.53. The number of carbonyl (C=O) groups is 1.